The number of hydrogen-bond acceptors (Lipinski definition) is 6. The first kappa shape index (κ1) is 28.3. The maximum Gasteiger partial charge on any atom is 0.329 e. The highest BCUT2D eigenvalue weighted by Crippen LogP contribution is 2.61. The number of amides is 1. The van der Waals surface area contributed by atoms with Crippen LogP contribution in [0.3, 0.4) is 0 Å². The molecule has 5 unspecified atom stereocenters. The van der Waals surface area contributed by atoms with Gasteiger partial charge in [-0.25, -0.2) is 4.79 Å². The normalized spacial score (nSPS) is 26.6. The molecule has 2 saturated carbocycles. The predicted molar refractivity (Wildman–Crippen MR) is 152 cm³/mol. The van der Waals surface area contributed by atoms with Gasteiger partial charge in [0.05, 0.1) is 12.6 Å². The van der Waals surface area contributed by atoms with Crippen molar-refractivity contribution in [2.45, 2.75) is 83.5 Å². The Morgan fingerprint density at radius 1 is 0.975 bits per heavy atom. The van der Waals surface area contributed by atoms with Gasteiger partial charge in [-0.1, -0.05) is 67.1 Å². The fourth-order valence-electron chi connectivity index (χ4n) is 7.37. The Morgan fingerprint density at radius 3 is 2.30 bits per heavy atom. The molecule has 2 aromatic rings. The first-order chi connectivity index (χ1) is 19.4. The molecule has 40 heavy (non-hydrogen) atoms. The first-order valence-electron chi connectivity index (χ1n) is 14.9. The van der Waals surface area contributed by atoms with Gasteiger partial charge < -0.3 is 14.4 Å². The number of fused-ring (bicyclic) bond motifs is 3. The number of nitrogens with one attached hydrogen (secondary N) is 1. The van der Waals surface area contributed by atoms with Crippen molar-refractivity contribution in [3.05, 3.63) is 71.8 Å². The second-order valence-corrected chi connectivity index (χ2v) is 11.9. The molecule has 1 saturated heterocycles. The molecule has 3 fully saturated rings. The molecular weight excluding hydrogens is 504 g/mol. The highest BCUT2D eigenvalue weighted by atomic mass is 16.5. The van der Waals surface area contributed by atoms with Crippen LogP contribution in [0, 0.1) is 17.3 Å². The van der Waals surface area contributed by atoms with Gasteiger partial charge in [0, 0.05) is 6.54 Å². The summed E-state index contributed by atoms with van der Waals surface area (Å²) in [5.74, 6) is 0.400. The number of hydrogen-bond donors (Lipinski definition) is 1. The smallest absolute Gasteiger partial charge is 0.329 e. The van der Waals surface area contributed by atoms with E-state index in [1.807, 2.05) is 60.7 Å². The molecule has 7 nitrogen and oxygen atoms in total. The standard InChI is InChI=1S/C33H42N2O5/c1-3-39-31(37)28(17-15-24-10-6-4-7-11-24)34-23(2)30(36)35-22-33(19-26-14-16-27(33)18-26)20-29(35)32(38)40-21-25-12-8-5-9-13-25/h4-13,23,26-29,34H,3,14-22H2,1-2H3/t23-,26?,27?,28?,29?,33?/m0/s1. The van der Waals surface area contributed by atoms with E-state index in [-0.39, 0.29) is 36.5 Å². The van der Waals surface area contributed by atoms with Crippen molar-refractivity contribution in [3.63, 3.8) is 0 Å². The van der Waals surface area contributed by atoms with Gasteiger partial charge in [-0.15, -0.1) is 0 Å². The summed E-state index contributed by atoms with van der Waals surface area (Å²) in [6, 6.07) is 17.7. The van der Waals surface area contributed by atoms with Crippen LogP contribution in [-0.4, -0.2) is 54.0 Å². The van der Waals surface area contributed by atoms with E-state index in [4.69, 9.17) is 9.47 Å². The number of esters is 2. The lowest BCUT2D eigenvalue weighted by Gasteiger charge is -2.34. The van der Waals surface area contributed by atoms with E-state index < -0.39 is 18.1 Å². The Labute approximate surface area is 237 Å². The lowest BCUT2D eigenvalue weighted by Crippen LogP contribution is -2.53. The zero-order valence-corrected chi connectivity index (χ0v) is 23.7. The van der Waals surface area contributed by atoms with Gasteiger partial charge in [0.1, 0.15) is 18.7 Å². The zero-order chi connectivity index (χ0) is 28.1. The van der Waals surface area contributed by atoms with Gasteiger partial charge in [-0.2, -0.15) is 0 Å². The van der Waals surface area contributed by atoms with Crippen molar-refractivity contribution < 1.29 is 23.9 Å². The molecule has 1 aliphatic heterocycles. The van der Waals surface area contributed by atoms with Crippen LogP contribution in [0.1, 0.15) is 63.5 Å². The molecule has 3 aliphatic rings. The number of nitrogens with zero attached hydrogens (tertiary/aromatic N) is 1. The van der Waals surface area contributed by atoms with Gasteiger partial charge >= 0.3 is 11.9 Å². The van der Waals surface area contributed by atoms with Gasteiger partial charge in [0.15, 0.2) is 0 Å². The lowest BCUT2D eigenvalue weighted by atomic mass is 9.71. The average molecular weight is 547 g/mol. The molecule has 2 aromatic carbocycles. The summed E-state index contributed by atoms with van der Waals surface area (Å²) in [5.41, 5.74) is 2.03. The topological polar surface area (TPSA) is 84.9 Å². The second-order valence-electron chi connectivity index (χ2n) is 11.9. The fraction of sp³-hybridized carbons (Fsp3) is 0.545. The quantitative estimate of drug-likeness (QED) is 0.412. The number of ether oxygens (including phenoxy) is 2. The van der Waals surface area contributed by atoms with Crippen LogP contribution >= 0.6 is 0 Å². The van der Waals surface area contributed by atoms with Gasteiger partial charge in [0.25, 0.3) is 0 Å². The molecule has 7 heteroatoms. The minimum atomic E-state index is -0.650. The molecule has 2 bridgehead atoms. The lowest BCUT2D eigenvalue weighted by molar-refractivity contribution is -0.155. The van der Waals surface area contributed by atoms with Crippen molar-refractivity contribution in [1.82, 2.24) is 10.2 Å². The number of carbonyl (C=O) groups excluding carboxylic acids is 3. The summed E-state index contributed by atoms with van der Waals surface area (Å²) in [6.45, 7) is 4.62. The molecule has 0 radical (unpaired) electrons. The van der Waals surface area contributed by atoms with E-state index in [9.17, 15) is 14.4 Å². The van der Waals surface area contributed by atoms with Crippen LogP contribution < -0.4 is 5.32 Å². The van der Waals surface area contributed by atoms with Crippen LogP contribution in [0.25, 0.3) is 0 Å². The molecule has 2 aliphatic carbocycles. The predicted octanol–water partition coefficient (Wildman–Crippen LogP) is 4.68. The number of aryl methyl sites for hydroxylation is 1. The van der Waals surface area contributed by atoms with Gasteiger partial charge in [-0.05, 0) is 80.8 Å². The van der Waals surface area contributed by atoms with E-state index in [0.29, 0.717) is 37.6 Å². The molecule has 1 spiro atoms. The molecular formula is C33H42N2O5. The third-order valence-corrected chi connectivity index (χ3v) is 9.30. The molecule has 0 aromatic heterocycles. The third-order valence-electron chi connectivity index (χ3n) is 9.30. The monoisotopic (exact) mass is 546 g/mol. The number of benzene rings is 2. The SMILES string of the molecule is CCOC(=O)C(CCc1ccccc1)N[C@@H](C)C(=O)N1CC2(CC3CCC2C3)CC1C(=O)OCc1ccccc1. The highest BCUT2D eigenvalue weighted by molar-refractivity contribution is 5.89. The molecule has 5 rings (SSSR count). The van der Waals surface area contributed by atoms with E-state index in [1.54, 1.807) is 18.7 Å². The van der Waals surface area contributed by atoms with E-state index in [2.05, 4.69) is 5.32 Å². The van der Waals surface area contributed by atoms with E-state index in [1.165, 1.54) is 19.3 Å². The van der Waals surface area contributed by atoms with Crippen molar-refractivity contribution in [3.8, 4) is 0 Å². The Bertz CT molecular complexity index is 1170. The average Bonchev–Trinajstić information content (AvgIpc) is 3.69. The third kappa shape index (κ3) is 6.25. The number of likely N-dealkylation sites (tertiary alicyclic amines) is 1. The summed E-state index contributed by atoms with van der Waals surface area (Å²) in [6.07, 6.45) is 6.57. The van der Waals surface area contributed by atoms with Crippen molar-refractivity contribution >= 4 is 17.8 Å². The minimum absolute atomic E-state index is 0.0113. The van der Waals surface area contributed by atoms with Crippen LogP contribution in [0.15, 0.2) is 60.7 Å². The van der Waals surface area contributed by atoms with Crippen molar-refractivity contribution in [1.29, 1.82) is 0 Å². The Hall–Kier alpha value is -3.19. The second kappa shape index (κ2) is 12.5. The Balaban J connectivity index is 1.29. The molecule has 1 N–H and O–H groups in total. The Morgan fingerprint density at radius 2 is 1.68 bits per heavy atom. The maximum atomic E-state index is 14.0. The van der Waals surface area contributed by atoms with Crippen LogP contribution in [0.4, 0.5) is 0 Å². The van der Waals surface area contributed by atoms with E-state index >= 15 is 0 Å². The van der Waals surface area contributed by atoms with Crippen LogP contribution in [0.5, 0.6) is 0 Å². The largest absolute Gasteiger partial charge is 0.465 e. The molecule has 1 amide bonds. The summed E-state index contributed by atoms with van der Waals surface area (Å²) in [4.78, 5) is 42.0. The maximum absolute atomic E-state index is 14.0. The first-order valence-corrected chi connectivity index (χ1v) is 14.9. The van der Waals surface area contributed by atoms with E-state index in [0.717, 1.165) is 17.5 Å². The van der Waals surface area contributed by atoms with Gasteiger partial charge in [0.2, 0.25) is 5.91 Å². The van der Waals surface area contributed by atoms with Crippen LogP contribution in [0.2, 0.25) is 0 Å². The van der Waals surface area contributed by atoms with Crippen LogP contribution in [-0.2, 0) is 36.9 Å². The highest BCUT2D eigenvalue weighted by Gasteiger charge is 2.59. The minimum Gasteiger partial charge on any atom is -0.465 e. The molecule has 1 heterocycles. The fourth-order valence-corrected chi connectivity index (χ4v) is 7.37. The van der Waals surface area contributed by atoms with Gasteiger partial charge in [-0.3, -0.25) is 14.9 Å². The molecule has 214 valence electrons. The summed E-state index contributed by atoms with van der Waals surface area (Å²) < 4.78 is 11.1. The Kier molecular flexibility index (Phi) is 8.89. The zero-order valence-electron chi connectivity index (χ0n) is 23.7. The summed E-state index contributed by atoms with van der Waals surface area (Å²) in [7, 11) is 0. The number of carbonyl (C=O) groups is 3. The summed E-state index contributed by atoms with van der Waals surface area (Å²) >= 11 is 0. The van der Waals surface area contributed by atoms with Crippen molar-refractivity contribution in [2.75, 3.05) is 13.2 Å². The number of rotatable bonds is 11. The summed E-state index contributed by atoms with van der Waals surface area (Å²) in [5, 5.41) is 3.26. The van der Waals surface area contributed by atoms with Crippen molar-refractivity contribution in [2.24, 2.45) is 17.3 Å². The molecule has 6 atom stereocenters.